The van der Waals surface area contributed by atoms with Crippen LogP contribution in [0.1, 0.15) is 26.2 Å². The van der Waals surface area contributed by atoms with Gasteiger partial charge in [-0.25, -0.2) is 0 Å². The predicted molar refractivity (Wildman–Crippen MR) is 44.8 cm³/mol. The molecule has 0 radical (unpaired) electrons. The van der Waals surface area contributed by atoms with Crippen molar-refractivity contribution in [3.05, 3.63) is 10.5 Å². The number of hydrogen-bond donors (Lipinski definition) is 0. The van der Waals surface area contributed by atoms with Gasteiger partial charge in [0.1, 0.15) is 5.40 Å². The Labute approximate surface area is 70.3 Å². The van der Waals surface area contributed by atoms with Gasteiger partial charge in [-0.3, -0.25) is 4.79 Å². The van der Waals surface area contributed by atoms with Crippen molar-refractivity contribution in [1.82, 2.24) is 0 Å². The summed E-state index contributed by atoms with van der Waals surface area (Å²) in [5.74, 6) is 0.139. The summed E-state index contributed by atoms with van der Waals surface area (Å²) < 4.78 is 0. The lowest BCUT2D eigenvalue weighted by molar-refractivity contribution is -0.115. The van der Waals surface area contributed by atoms with Crippen molar-refractivity contribution < 1.29 is 4.79 Å². The van der Waals surface area contributed by atoms with Crippen LogP contribution in [0.15, 0.2) is 10.5 Å². The van der Waals surface area contributed by atoms with Crippen molar-refractivity contribution in [2.24, 2.45) is 0 Å². The highest BCUT2D eigenvalue weighted by atomic mass is 32.2. The Kier molecular flexibility index (Phi) is 2.72. The lowest BCUT2D eigenvalue weighted by Crippen LogP contribution is -2.07. The monoisotopic (exact) mass is 167 g/mol. The van der Waals surface area contributed by atoms with Gasteiger partial charge in [-0.2, -0.15) is 5.26 Å². The van der Waals surface area contributed by atoms with Crippen LogP contribution in [-0.2, 0) is 4.79 Å². The van der Waals surface area contributed by atoms with Gasteiger partial charge >= 0.3 is 0 Å². The van der Waals surface area contributed by atoms with Gasteiger partial charge in [0.25, 0.3) is 0 Å². The normalized spacial score (nSPS) is 18.4. The highest BCUT2D eigenvalue weighted by molar-refractivity contribution is 8.08. The Balaban J connectivity index is 2.84. The standard InChI is InChI=1S/C8H9NOS/c1-6-3-2-4-7(10)8(6)11-5-9/h2-4H2,1H3. The van der Waals surface area contributed by atoms with Crippen LogP contribution in [-0.4, -0.2) is 5.78 Å². The second-order valence-corrected chi connectivity index (χ2v) is 3.37. The SMILES string of the molecule is CC1=C(SC#N)C(=O)CCC1. The highest BCUT2D eigenvalue weighted by Gasteiger charge is 2.17. The van der Waals surface area contributed by atoms with E-state index in [1.807, 2.05) is 12.3 Å². The maximum Gasteiger partial charge on any atom is 0.170 e. The predicted octanol–water partition coefficient (Wildman–Crippen LogP) is 2.23. The molecule has 0 aliphatic heterocycles. The van der Waals surface area contributed by atoms with Crippen LogP contribution in [0.25, 0.3) is 0 Å². The molecule has 58 valence electrons. The molecule has 1 aliphatic rings. The molecule has 0 bridgehead atoms. The number of nitriles is 1. The molecule has 0 N–H and O–H groups in total. The quantitative estimate of drug-likeness (QED) is 0.562. The van der Waals surface area contributed by atoms with Crippen molar-refractivity contribution in [1.29, 1.82) is 5.26 Å². The number of hydrogen-bond acceptors (Lipinski definition) is 3. The number of rotatable bonds is 1. The zero-order valence-electron chi connectivity index (χ0n) is 6.39. The molecular formula is C8H9NOS. The van der Waals surface area contributed by atoms with Gasteiger partial charge < -0.3 is 0 Å². The number of allylic oxidation sites excluding steroid dienone is 2. The fraction of sp³-hybridized carbons (Fsp3) is 0.500. The van der Waals surface area contributed by atoms with Crippen LogP contribution in [0.3, 0.4) is 0 Å². The average Bonchev–Trinajstić information content (AvgIpc) is 1.97. The molecule has 3 heteroatoms. The molecular weight excluding hydrogens is 158 g/mol. The average molecular weight is 167 g/mol. The van der Waals surface area contributed by atoms with Gasteiger partial charge in [0.2, 0.25) is 0 Å². The topological polar surface area (TPSA) is 40.9 Å². The maximum absolute atomic E-state index is 11.2. The number of thiocyanates is 1. The first-order valence-electron chi connectivity index (χ1n) is 3.54. The van der Waals surface area contributed by atoms with E-state index < -0.39 is 0 Å². The zero-order valence-corrected chi connectivity index (χ0v) is 7.20. The highest BCUT2D eigenvalue weighted by Crippen LogP contribution is 2.28. The van der Waals surface area contributed by atoms with Gasteiger partial charge in [0, 0.05) is 6.42 Å². The summed E-state index contributed by atoms with van der Waals surface area (Å²) in [6.07, 6.45) is 2.53. The number of carbonyl (C=O) groups is 1. The molecule has 0 fully saturated rings. The Morgan fingerprint density at radius 2 is 2.27 bits per heavy atom. The van der Waals surface area contributed by atoms with Gasteiger partial charge in [0.05, 0.1) is 4.91 Å². The summed E-state index contributed by atoms with van der Waals surface area (Å²) in [6, 6.07) is 0. The van der Waals surface area contributed by atoms with Crippen molar-refractivity contribution in [3.8, 4) is 5.40 Å². The molecule has 0 unspecified atom stereocenters. The lowest BCUT2D eigenvalue weighted by atomic mass is 10.00. The Morgan fingerprint density at radius 3 is 2.82 bits per heavy atom. The fourth-order valence-electron chi connectivity index (χ4n) is 1.17. The molecule has 0 aromatic carbocycles. The Bertz CT molecular complexity index is 249. The molecule has 0 amide bonds. The first-order valence-corrected chi connectivity index (χ1v) is 4.36. The van der Waals surface area contributed by atoms with E-state index in [1.54, 1.807) is 0 Å². The zero-order chi connectivity index (χ0) is 8.27. The number of Topliss-reactive ketones (excluding diaryl/α,β-unsaturated/α-hetero) is 1. The smallest absolute Gasteiger partial charge is 0.170 e. The number of thioether (sulfide) groups is 1. The van der Waals surface area contributed by atoms with Crippen LogP contribution in [0.4, 0.5) is 0 Å². The molecule has 0 atom stereocenters. The van der Waals surface area contributed by atoms with E-state index in [1.165, 1.54) is 0 Å². The first-order chi connectivity index (χ1) is 5.25. The molecule has 2 nitrogen and oxygen atoms in total. The van der Waals surface area contributed by atoms with E-state index in [9.17, 15) is 4.79 Å². The van der Waals surface area contributed by atoms with Crippen LogP contribution in [0.2, 0.25) is 0 Å². The van der Waals surface area contributed by atoms with Gasteiger partial charge in [-0.15, -0.1) is 0 Å². The van der Waals surface area contributed by atoms with Crippen LogP contribution in [0.5, 0.6) is 0 Å². The molecule has 1 aliphatic carbocycles. The number of carbonyl (C=O) groups excluding carboxylic acids is 1. The van der Waals surface area contributed by atoms with E-state index in [0.29, 0.717) is 11.3 Å². The van der Waals surface area contributed by atoms with Crippen LogP contribution >= 0.6 is 11.8 Å². The molecule has 1 rings (SSSR count). The third-order valence-corrected chi connectivity index (χ3v) is 2.62. The minimum atomic E-state index is 0.139. The van der Waals surface area contributed by atoms with E-state index >= 15 is 0 Å². The molecule has 0 spiro atoms. The largest absolute Gasteiger partial charge is 0.294 e. The minimum absolute atomic E-state index is 0.139. The first kappa shape index (κ1) is 8.35. The minimum Gasteiger partial charge on any atom is -0.294 e. The molecule has 0 saturated carbocycles. The summed E-state index contributed by atoms with van der Waals surface area (Å²) in [6.45, 7) is 1.93. The van der Waals surface area contributed by atoms with Crippen molar-refractivity contribution >= 4 is 17.5 Å². The number of nitrogens with zero attached hydrogens (tertiary/aromatic N) is 1. The van der Waals surface area contributed by atoms with Crippen molar-refractivity contribution in [2.75, 3.05) is 0 Å². The Hall–Kier alpha value is -0.750. The molecule has 0 heterocycles. The van der Waals surface area contributed by atoms with E-state index in [4.69, 9.17) is 5.26 Å². The van der Waals surface area contributed by atoms with Crippen LogP contribution in [0, 0.1) is 10.7 Å². The molecule has 0 aromatic rings. The van der Waals surface area contributed by atoms with E-state index in [0.717, 1.165) is 30.2 Å². The lowest BCUT2D eigenvalue weighted by Gasteiger charge is -2.12. The molecule has 11 heavy (non-hydrogen) atoms. The fourth-order valence-corrected chi connectivity index (χ4v) is 1.75. The summed E-state index contributed by atoms with van der Waals surface area (Å²) in [5.41, 5.74) is 1.08. The third-order valence-electron chi connectivity index (χ3n) is 1.74. The van der Waals surface area contributed by atoms with E-state index in [2.05, 4.69) is 0 Å². The van der Waals surface area contributed by atoms with Gasteiger partial charge in [-0.1, -0.05) is 5.57 Å². The van der Waals surface area contributed by atoms with Crippen molar-refractivity contribution in [2.45, 2.75) is 26.2 Å². The van der Waals surface area contributed by atoms with Crippen LogP contribution < -0.4 is 0 Å². The Morgan fingerprint density at radius 1 is 1.55 bits per heavy atom. The van der Waals surface area contributed by atoms with E-state index in [-0.39, 0.29) is 5.78 Å². The maximum atomic E-state index is 11.2. The second-order valence-electron chi connectivity index (χ2n) is 2.58. The van der Waals surface area contributed by atoms with Crippen molar-refractivity contribution in [3.63, 3.8) is 0 Å². The second kappa shape index (κ2) is 3.59. The summed E-state index contributed by atoms with van der Waals surface area (Å²) in [5, 5.41) is 10.3. The molecule has 0 aromatic heterocycles. The summed E-state index contributed by atoms with van der Waals surface area (Å²) >= 11 is 1.00. The third kappa shape index (κ3) is 1.84. The summed E-state index contributed by atoms with van der Waals surface area (Å²) in [7, 11) is 0. The van der Waals surface area contributed by atoms with Gasteiger partial charge in [0.15, 0.2) is 5.78 Å². The number of ketones is 1. The summed E-state index contributed by atoms with van der Waals surface area (Å²) in [4.78, 5) is 11.8. The van der Waals surface area contributed by atoms with Gasteiger partial charge in [-0.05, 0) is 31.5 Å². The molecule has 0 saturated heterocycles.